The monoisotopic (exact) mass is 481 g/mol. The highest BCUT2D eigenvalue weighted by Crippen LogP contribution is 2.41. The fraction of sp³-hybridized carbons (Fsp3) is 0.182. The maximum absolute atomic E-state index is 6.27. The quantitative estimate of drug-likeness (QED) is 0.188. The van der Waals surface area contributed by atoms with Gasteiger partial charge in [-0.1, -0.05) is 97.1 Å². The average Bonchev–Trinajstić information content (AvgIpc) is 3.14. The standard InChI is InChI=1S/C33H28BNO2/c1-32(2)33(3,4)37-34(36-32)22-19-17-21(18-20-22)30-28-16-10-8-14-26(28)29-25-13-7-5-11-23(25)24-12-6-9-15-27(24)31(29)35-30/h5-20H,1-4H3. The topological polar surface area (TPSA) is 31.4 Å². The van der Waals surface area contributed by atoms with Gasteiger partial charge in [-0.25, -0.2) is 4.98 Å². The summed E-state index contributed by atoms with van der Waals surface area (Å²) in [5.74, 6) is 0. The molecular formula is C33H28BNO2. The number of aromatic nitrogens is 1. The molecule has 180 valence electrons. The van der Waals surface area contributed by atoms with Crippen LogP contribution in [0.2, 0.25) is 0 Å². The fourth-order valence-electron chi connectivity index (χ4n) is 5.59. The van der Waals surface area contributed by atoms with Crippen LogP contribution in [-0.4, -0.2) is 23.3 Å². The van der Waals surface area contributed by atoms with Gasteiger partial charge in [-0.2, -0.15) is 0 Å². The van der Waals surface area contributed by atoms with Crippen molar-refractivity contribution in [3.63, 3.8) is 0 Å². The van der Waals surface area contributed by atoms with E-state index < -0.39 is 0 Å². The van der Waals surface area contributed by atoms with Crippen LogP contribution < -0.4 is 5.46 Å². The van der Waals surface area contributed by atoms with E-state index >= 15 is 0 Å². The van der Waals surface area contributed by atoms with Crippen molar-refractivity contribution in [2.24, 2.45) is 0 Å². The minimum Gasteiger partial charge on any atom is -0.399 e. The van der Waals surface area contributed by atoms with Gasteiger partial charge in [0.1, 0.15) is 0 Å². The Balaban J connectivity index is 1.46. The smallest absolute Gasteiger partial charge is 0.399 e. The third-order valence-corrected chi connectivity index (χ3v) is 8.29. The Morgan fingerprint density at radius 1 is 0.541 bits per heavy atom. The Morgan fingerprint density at radius 3 is 1.59 bits per heavy atom. The first-order chi connectivity index (χ1) is 17.8. The normalized spacial score (nSPS) is 16.8. The first-order valence-electron chi connectivity index (χ1n) is 12.9. The Labute approximate surface area is 217 Å². The zero-order chi connectivity index (χ0) is 25.4. The molecule has 4 heteroatoms. The van der Waals surface area contributed by atoms with Crippen molar-refractivity contribution >= 4 is 55.8 Å². The van der Waals surface area contributed by atoms with Crippen LogP contribution in [0, 0.1) is 0 Å². The van der Waals surface area contributed by atoms with Crippen LogP contribution in [0.5, 0.6) is 0 Å². The van der Waals surface area contributed by atoms with Crippen molar-refractivity contribution in [2.75, 3.05) is 0 Å². The number of fused-ring (bicyclic) bond motifs is 8. The molecule has 0 amide bonds. The summed E-state index contributed by atoms with van der Waals surface area (Å²) >= 11 is 0. The largest absolute Gasteiger partial charge is 0.494 e. The van der Waals surface area contributed by atoms with Crippen LogP contribution in [0.3, 0.4) is 0 Å². The third-order valence-electron chi connectivity index (χ3n) is 8.29. The van der Waals surface area contributed by atoms with Gasteiger partial charge in [0.05, 0.1) is 22.4 Å². The number of benzene rings is 5. The summed E-state index contributed by atoms with van der Waals surface area (Å²) in [5.41, 5.74) is 3.40. The lowest BCUT2D eigenvalue weighted by atomic mass is 9.78. The van der Waals surface area contributed by atoms with Crippen LogP contribution in [0.4, 0.5) is 0 Å². The van der Waals surface area contributed by atoms with Gasteiger partial charge in [0.2, 0.25) is 0 Å². The zero-order valence-corrected chi connectivity index (χ0v) is 21.6. The molecule has 0 aliphatic carbocycles. The highest BCUT2D eigenvalue weighted by atomic mass is 16.7. The van der Waals surface area contributed by atoms with Crippen LogP contribution >= 0.6 is 0 Å². The van der Waals surface area contributed by atoms with Gasteiger partial charge in [0.15, 0.2) is 0 Å². The fourth-order valence-corrected chi connectivity index (χ4v) is 5.59. The van der Waals surface area contributed by atoms with Gasteiger partial charge in [0, 0.05) is 21.7 Å². The number of rotatable bonds is 2. The maximum atomic E-state index is 6.27. The molecule has 1 saturated heterocycles. The molecule has 5 aromatic carbocycles. The number of nitrogens with zero attached hydrogens (tertiary/aromatic N) is 1. The lowest BCUT2D eigenvalue weighted by Crippen LogP contribution is -2.41. The van der Waals surface area contributed by atoms with Crippen LogP contribution in [0.25, 0.3) is 54.5 Å². The van der Waals surface area contributed by atoms with E-state index in [1.54, 1.807) is 0 Å². The SMILES string of the molecule is CC1(C)OB(c2ccc(-c3nc4c5ccccc5c5ccccc5c4c4ccccc34)cc2)OC1(C)C. The van der Waals surface area contributed by atoms with Crippen LogP contribution in [-0.2, 0) is 9.31 Å². The molecule has 6 aromatic rings. The van der Waals surface area contributed by atoms with Crippen molar-refractivity contribution in [3.05, 3.63) is 97.1 Å². The lowest BCUT2D eigenvalue weighted by molar-refractivity contribution is 0.00578. The van der Waals surface area contributed by atoms with E-state index in [-0.39, 0.29) is 18.3 Å². The second-order valence-corrected chi connectivity index (χ2v) is 11.0. The third kappa shape index (κ3) is 3.33. The summed E-state index contributed by atoms with van der Waals surface area (Å²) in [6.45, 7) is 8.34. The van der Waals surface area contributed by atoms with Crippen molar-refractivity contribution in [3.8, 4) is 11.3 Å². The van der Waals surface area contributed by atoms with E-state index in [4.69, 9.17) is 14.3 Å². The van der Waals surface area contributed by atoms with E-state index in [9.17, 15) is 0 Å². The van der Waals surface area contributed by atoms with Crippen LogP contribution in [0.1, 0.15) is 27.7 Å². The number of pyridine rings is 1. The van der Waals surface area contributed by atoms with E-state index in [2.05, 4.69) is 125 Å². The molecule has 3 nitrogen and oxygen atoms in total. The number of hydrogen-bond acceptors (Lipinski definition) is 3. The second kappa shape index (κ2) is 7.88. The Morgan fingerprint density at radius 2 is 1.00 bits per heavy atom. The van der Waals surface area contributed by atoms with Gasteiger partial charge in [-0.3, -0.25) is 0 Å². The summed E-state index contributed by atoms with van der Waals surface area (Å²) in [7, 11) is -0.379. The molecule has 7 rings (SSSR count). The molecule has 2 heterocycles. The highest BCUT2D eigenvalue weighted by molar-refractivity contribution is 6.62. The Kier molecular flexibility index (Phi) is 4.79. The molecule has 1 aromatic heterocycles. The second-order valence-electron chi connectivity index (χ2n) is 11.0. The molecule has 1 fully saturated rings. The molecule has 1 aliphatic heterocycles. The molecule has 0 unspecified atom stereocenters. The summed E-state index contributed by atoms with van der Waals surface area (Å²) < 4.78 is 12.5. The first kappa shape index (κ1) is 22.5. The first-order valence-corrected chi connectivity index (χ1v) is 12.9. The minimum absolute atomic E-state index is 0.365. The van der Waals surface area contributed by atoms with Gasteiger partial charge in [-0.05, 0) is 54.7 Å². The predicted molar refractivity (Wildman–Crippen MR) is 155 cm³/mol. The maximum Gasteiger partial charge on any atom is 0.494 e. The molecule has 0 atom stereocenters. The van der Waals surface area contributed by atoms with E-state index in [0.717, 1.165) is 27.6 Å². The summed E-state index contributed by atoms with van der Waals surface area (Å²) in [4.78, 5) is 5.36. The molecular weight excluding hydrogens is 453 g/mol. The molecule has 0 spiro atoms. The van der Waals surface area contributed by atoms with E-state index in [0.29, 0.717) is 0 Å². The van der Waals surface area contributed by atoms with E-state index in [1.807, 2.05) is 0 Å². The van der Waals surface area contributed by atoms with Crippen molar-refractivity contribution in [1.29, 1.82) is 0 Å². The molecule has 0 radical (unpaired) electrons. The van der Waals surface area contributed by atoms with Crippen molar-refractivity contribution < 1.29 is 9.31 Å². The highest BCUT2D eigenvalue weighted by Gasteiger charge is 2.51. The average molecular weight is 481 g/mol. The van der Waals surface area contributed by atoms with Crippen LogP contribution in [0.15, 0.2) is 97.1 Å². The summed E-state index contributed by atoms with van der Waals surface area (Å²) in [6, 6.07) is 34.4. The van der Waals surface area contributed by atoms with Crippen molar-refractivity contribution in [1.82, 2.24) is 4.98 Å². The van der Waals surface area contributed by atoms with Gasteiger partial charge < -0.3 is 9.31 Å². The Bertz CT molecular complexity index is 1820. The lowest BCUT2D eigenvalue weighted by Gasteiger charge is -2.32. The minimum atomic E-state index is -0.379. The molecule has 37 heavy (non-hydrogen) atoms. The summed E-state index contributed by atoms with van der Waals surface area (Å²) in [6.07, 6.45) is 0. The van der Waals surface area contributed by atoms with Gasteiger partial charge >= 0.3 is 7.12 Å². The summed E-state index contributed by atoms with van der Waals surface area (Å²) in [5, 5.41) is 8.49. The zero-order valence-electron chi connectivity index (χ0n) is 21.6. The molecule has 0 N–H and O–H groups in total. The van der Waals surface area contributed by atoms with Gasteiger partial charge in [0.25, 0.3) is 0 Å². The van der Waals surface area contributed by atoms with Crippen molar-refractivity contribution in [2.45, 2.75) is 38.9 Å². The molecule has 0 saturated carbocycles. The molecule has 0 bridgehead atoms. The Hall–Kier alpha value is -3.73. The van der Waals surface area contributed by atoms with E-state index in [1.165, 1.54) is 32.3 Å². The van der Waals surface area contributed by atoms with Gasteiger partial charge in [-0.15, -0.1) is 0 Å². The number of hydrogen-bond donors (Lipinski definition) is 0. The predicted octanol–water partition coefficient (Wildman–Crippen LogP) is 7.66. The molecule has 1 aliphatic rings.